The first-order chi connectivity index (χ1) is 8.47. The van der Waals surface area contributed by atoms with Crippen molar-refractivity contribution in [2.45, 2.75) is 20.0 Å². The van der Waals surface area contributed by atoms with Gasteiger partial charge in [-0.05, 0) is 42.7 Å². The summed E-state index contributed by atoms with van der Waals surface area (Å²) in [6.07, 6.45) is 0.483. The fraction of sp³-hybridized carbons (Fsp3) is 0.214. The van der Waals surface area contributed by atoms with Crippen LogP contribution in [-0.4, -0.2) is 10.1 Å². The summed E-state index contributed by atoms with van der Waals surface area (Å²) in [6, 6.07) is 4.84. The lowest BCUT2D eigenvalue weighted by atomic mass is 10.0. The van der Waals surface area contributed by atoms with Crippen LogP contribution in [0.5, 0.6) is 0 Å². The van der Waals surface area contributed by atoms with Gasteiger partial charge in [-0.25, -0.2) is 8.78 Å². The van der Waals surface area contributed by atoms with Gasteiger partial charge in [0.15, 0.2) is 0 Å². The second-order valence-electron chi connectivity index (χ2n) is 4.32. The monoisotopic (exact) mass is 249 g/mol. The molecule has 0 aliphatic heterocycles. The van der Waals surface area contributed by atoms with E-state index in [0.717, 1.165) is 29.3 Å². The van der Waals surface area contributed by atoms with Crippen molar-refractivity contribution in [3.63, 3.8) is 0 Å². The lowest BCUT2D eigenvalue weighted by Crippen LogP contribution is -2.06. The molecule has 2 nitrogen and oxygen atoms in total. The normalized spacial score (nSPS) is 12.5. The summed E-state index contributed by atoms with van der Waals surface area (Å²) in [5, 5.41) is 10.1. The van der Waals surface area contributed by atoms with Crippen LogP contribution < -0.4 is 0 Å². The Hall–Kier alpha value is -1.81. The summed E-state index contributed by atoms with van der Waals surface area (Å²) in [7, 11) is 0. The number of aliphatic hydroxyl groups is 1. The number of hydrogen-bond donors (Lipinski definition) is 1. The molecule has 1 heterocycles. The molecule has 2 rings (SSSR count). The number of rotatable bonds is 2. The zero-order valence-corrected chi connectivity index (χ0v) is 10.1. The molecule has 4 heteroatoms. The first-order valence-electron chi connectivity index (χ1n) is 5.54. The van der Waals surface area contributed by atoms with E-state index in [4.69, 9.17) is 0 Å². The van der Waals surface area contributed by atoms with E-state index in [1.165, 1.54) is 0 Å². The summed E-state index contributed by atoms with van der Waals surface area (Å²) in [6.45, 7) is 3.69. The SMILES string of the molecule is Cc1cnc(C(O)c2cc(F)cc(F)c2)c(C)c1. The van der Waals surface area contributed by atoms with Gasteiger partial charge in [-0.3, -0.25) is 4.98 Å². The largest absolute Gasteiger partial charge is 0.382 e. The number of aliphatic hydroxyl groups excluding tert-OH is 1. The fourth-order valence-corrected chi connectivity index (χ4v) is 1.90. The molecule has 94 valence electrons. The molecule has 1 aromatic carbocycles. The minimum absolute atomic E-state index is 0.159. The summed E-state index contributed by atoms with van der Waals surface area (Å²) in [4.78, 5) is 4.12. The van der Waals surface area contributed by atoms with Gasteiger partial charge >= 0.3 is 0 Å². The predicted octanol–water partition coefficient (Wildman–Crippen LogP) is 3.06. The molecule has 1 atom stereocenters. The molecule has 0 bridgehead atoms. The molecule has 0 amide bonds. The molecule has 1 N–H and O–H groups in total. The van der Waals surface area contributed by atoms with Gasteiger partial charge in [0.1, 0.15) is 17.7 Å². The van der Waals surface area contributed by atoms with Gasteiger partial charge < -0.3 is 5.11 Å². The zero-order chi connectivity index (χ0) is 13.3. The quantitative estimate of drug-likeness (QED) is 0.887. The van der Waals surface area contributed by atoms with Gasteiger partial charge in [0.25, 0.3) is 0 Å². The Morgan fingerprint density at radius 2 is 1.67 bits per heavy atom. The molecule has 0 radical (unpaired) electrons. The van der Waals surface area contributed by atoms with Crippen LogP contribution in [0.15, 0.2) is 30.5 Å². The Morgan fingerprint density at radius 1 is 1.06 bits per heavy atom. The van der Waals surface area contributed by atoms with Crippen molar-refractivity contribution in [3.05, 3.63) is 64.5 Å². The molecule has 0 aliphatic rings. The highest BCUT2D eigenvalue weighted by Gasteiger charge is 2.16. The molecule has 18 heavy (non-hydrogen) atoms. The van der Waals surface area contributed by atoms with E-state index in [0.29, 0.717) is 5.69 Å². The molecular formula is C14H13F2NO. The van der Waals surface area contributed by atoms with Crippen molar-refractivity contribution in [2.24, 2.45) is 0 Å². The molecule has 0 saturated heterocycles. The Labute approximate surface area is 104 Å². The molecular weight excluding hydrogens is 236 g/mol. The third-order valence-corrected chi connectivity index (χ3v) is 2.72. The molecule has 2 aromatic rings. The van der Waals surface area contributed by atoms with E-state index in [1.54, 1.807) is 13.1 Å². The summed E-state index contributed by atoms with van der Waals surface area (Å²) in [5.41, 5.74) is 2.32. The number of aromatic nitrogens is 1. The average molecular weight is 249 g/mol. The molecule has 1 unspecified atom stereocenters. The van der Waals surface area contributed by atoms with E-state index in [1.807, 2.05) is 13.0 Å². The van der Waals surface area contributed by atoms with Gasteiger partial charge in [-0.1, -0.05) is 6.07 Å². The number of benzene rings is 1. The number of nitrogens with zero attached hydrogens (tertiary/aromatic N) is 1. The molecule has 0 saturated carbocycles. The van der Waals surface area contributed by atoms with E-state index in [9.17, 15) is 13.9 Å². The van der Waals surface area contributed by atoms with Crippen molar-refractivity contribution in [1.29, 1.82) is 0 Å². The van der Waals surface area contributed by atoms with E-state index in [2.05, 4.69) is 4.98 Å². The van der Waals surface area contributed by atoms with Crippen LogP contribution in [-0.2, 0) is 0 Å². The summed E-state index contributed by atoms with van der Waals surface area (Å²) in [5.74, 6) is -1.43. The highest BCUT2D eigenvalue weighted by atomic mass is 19.1. The molecule has 0 spiro atoms. The van der Waals surface area contributed by atoms with Gasteiger partial charge in [-0.15, -0.1) is 0 Å². The van der Waals surface area contributed by atoms with Crippen LogP contribution in [0.4, 0.5) is 8.78 Å². The van der Waals surface area contributed by atoms with Crippen molar-refractivity contribution >= 4 is 0 Å². The summed E-state index contributed by atoms with van der Waals surface area (Å²) >= 11 is 0. The van der Waals surface area contributed by atoms with E-state index >= 15 is 0 Å². The Kier molecular flexibility index (Phi) is 3.39. The molecule has 1 aromatic heterocycles. The van der Waals surface area contributed by atoms with Gasteiger partial charge in [-0.2, -0.15) is 0 Å². The first-order valence-corrected chi connectivity index (χ1v) is 5.54. The highest BCUT2D eigenvalue weighted by molar-refractivity contribution is 5.32. The van der Waals surface area contributed by atoms with Gasteiger partial charge in [0.2, 0.25) is 0 Å². The maximum absolute atomic E-state index is 13.1. The topological polar surface area (TPSA) is 33.1 Å². The number of aryl methyl sites for hydroxylation is 2. The van der Waals surface area contributed by atoms with Gasteiger partial charge in [0.05, 0.1) is 5.69 Å². The highest BCUT2D eigenvalue weighted by Crippen LogP contribution is 2.24. The smallest absolute Gasteiger partial charge is 0.126 e. The van der Waals surface area contributed by atoms with E-state index < -0.39 is 17.7 Å². The van der Waals surface area contributed by atoms with Crippen molar-refractivity contribution < 1.29 is 13.9 Å². The maximum Gasteiger partial charge on any atom is 0.126 e. The Bertz CT molecular complexity index is 564. The maximum atomic E-state index is 13.1. The Balaban J connectivity index is 2.44. The lowest BCUT2D eigenvalue weighted by molar-refractivity contribution is 0.213. The van der Waals surface area contributed by atoms with Crippen LogP contribution >= 0.6 is 0 Å². The minimum atomic E-state index is -1.13. The lowest BCUT2D eigenvalue weighted by Gasteiger charge is -2.13. The van der Waals surface area contributed by atoms with Crippen molar-refractivity contribution in [3.8, 4) is 0 Å². The van der Waals surface area contributed by atoms with Crippen LogP contribution in [0.1, 0.15) is 28.5 Å². The standard InChI is InChI=1S/C14H13F2NO/c1-8-3-9(2)13(17-7-8)14(18)10-4-11(15)6-12(16)5-10/h3-7,14,18H,1-2H3. The second-order valence-corrected chi connectivity index (χ2v) is 4.32. The van der Waals surface area contributed by atoms with Crippen LogP contribution in [0.3, 0.4) is 0 Å². The number of hydrogen-bond acceptors (Lipinski definition) is 2. The van der Waals surface area contributed by atoms with Crippen LogP contribution in [0, 0.1) is 25.5 Å². The number of pyridine rings is 1. The summed E-state index contributed by atoms with van der Waals surface area (Å²) < 4.78 is 26.2. The van der Waals surface area contributed by atoms with Crippen molar-refractivity contribution in [1.82, 2.24) is 4.98 Å². The predicted molar refractivity (Wildman–Crippen MR) is 64.1 cm³/mol. The average Bonchev–Trinajstić information content (AvgIpc) is 2.26. The van der Waals surface area contributed by atoms with Gasteiger partial charge in [0, 0.05) is 12.3 Å². The van der Waals surface area contributed by atoms with Crippen LogP contribution in [0.25, 0.3) is 0 Å². The third-order valence-electron chi connectivity index (χ3n) is 2.72. The van der Waals surface area contributed by atoms with Crippen LogP contribution in [0.2, 0.25) is 0 Å². The first kappa shape index (κ1) is 12.6. The third kappa shape index (κ3) is 2.54. The number of halogens is 2. The Morgan fingerprint density at radius 3 is 2.22 bits per heavy atom. The fourth-order valence-electron chi connectivity index (χ4n) is 1.90. The second kappa shape index (κ2) is 4.82. The van der Waals surface area contributed by atoms with Crippen molar-refractivity contribution in [2.75, 3.05) is 0 Å². The zero-order valence-electron chi connectivity index (χ0n) is 10.1. The minimum Gasteiger partial charge on any atom is -0.382 e. The molecule has 0 aliphatic carbocycles. The molecule has 0 fully saturated rings. The van der Waals surface area contributed by atoms with E-state index in [-0.39, 0.29) is 5.56 Å².